The summed E-state index contributed by atoms with van der Waals surface area (Å²) >= 11 is 6.11. The van der Waals surface area contributed by atoms with Crippen molar-refractivity contribution in [3.05, 3.63) is 40.4 Å². The first-order chi connectivity index (χ1) is 15.7. The van der Waals surface area contributed by atoms with E-state index in [0.29, 0.717) is 53.5 Å². The van der Waals surface area contributed by atoms with Gasteiger partial charge in [-0.1, -0.05) is 11.6 Å². The fourth-order valence-electron chi connectivity index (χ4n) is 2.95. The number of aryl methyl sites for hydroxylation is 1. The molecule has 0 saturated heterocycles. The van der Waals surface area contributed by atoms with E-state index in [9.17, 15) is 9.59 Å². The van der Waals surface area contributed by atoms with Gasteiger partial charge in [-0.05, 0) is 58.4 Å². The maximum absolute atomic E-state index is 12.8. The minimum absolute atomic E-state index is 0.171. The molecule has 2 aromatic carbocycles. The van der Waals surface area contributed by atoms with Crippen LogP contribution in [0.25, 0.3) is 0 Å². The van der Waals surface area contributed by atoms with Gasteiger partial charge >= 0.3 is 5.97 Å². The summed E-state index contributed by atoms with van der Waals surface area (Å²) in [5.41, 5.74) is 1.36. The summed E-state index contributed by atoms with van der Waals surface area (Å²) in [6, 6.07) is 6.31. The van der Waals surface area contributed by atoms with Crippen LogP contribution in [0.5, 0.6) is 23.0 Å². The second-order valence-electron chi connectivity index (χ2n) is 6.94. The number of methoxy groups -OCH3 is 1. The summed E-state index contributed by atoms with van der Waals surface area (Å²) in [5, 5.41) is 3.22. The van der Waals surface area contributed by atoms with Crippen molar-refractivity contribution >= 4 is 29.2 Å². The van der Waals surface area contributed by atoms with E-state index in [0.717, 1.165) is 5.56 Å². The van der Waals surface area contributed by atoms with E-state index in [1.54, 1.807) is 19.1 Å². The lowest BCUT2D eigenvalue weighted by molar-refractivity contribution is -0.123. The smallest absolute Gasteiger partial charge is 0.339 e. The molecule has 1 N–H and O–H groups in total. The molecule has 0 radical (unpaired) electrons. The lowest BCUT2D eigenvalue weighted by Gasteiger charge is -2.18. The van der Waals surface area contributed by atoms with Crippen LogP contribution in [0.4, 0.5) is 5.69 Å². The van der Waals surface area contributed by atoms with Crippen LogP contribution in [0.2, 0.25) is 5.02 Å². The van der Waals surface area contributed by atoms with Crippen molar-refractivity contribution in [2.24, 2.45) is 0 Å². The maximum atomic E-state index is 12.8. The van der Waals surface area contributed by atoms with Gasteiger partial charge in [-0.3, -0.25) is 4.79 Å². The van der Waals surface area contributed by atoms with Crippen molar-refractivity contribution in [2.75, 3.05) is 32.2 Å². The molecule has 0 aliphatic carbocycles. The van der Waals surface area contributed by atoms with Crippen molar-refractivity contribution in [3.63, 3.8) is 0 Å². The number of carbonyl (C=O) groups is 2. The van der Waals surface area contributed by atoms with Crippen LogP contribution in [0.15, 0.2) is 24.3 Å². The predicted molar refractivity (Wildman–Crippen MR) is 126 cm³/mol. The van der Waals surface area contributed by atoms with Crippen molar-refractivity contribution < 1.29 is 33.3 Å². The molecule has 180 valence electrons. The molecular formula is C24H30ClNO7. The summed E-state index contributed by atoms with van der Waals surface area (Å²) in [5.74, 6) is 0.290. The number of hydrogen-bond donors (Lipinski definition) is 1. The van der Waals surface area contributed by atoms with E-state index < -0.39 is 18.0 Å². The van der Waals surface area contributed by atoms with Gasteiger partial charge in [0.25, 0.3) is 5.91 Å². The van der Waals surface area contributed by atoms with Crippen LogP contribution in [0.1, 0.15) is 43.6 Å². The van der Waals surface area contributed by atoms with Crippen molar-refractivity contribution in [3.8, 4) is 23.0 Å². The number of anilines is 1. The average Bonchev–Trinajstić information content (AvgIpc) is 2.78. The van der Waals surface area contributed by atoms with Crippen LogP contribution in [0, 0.1) is 6.92 Å². The predicted octanol–water partition coefficient (Wildman–Crippen LogP) is 5.04. The third-order valence-electron chi connectivity index (χ3n) is 4.54. The van der Waals surface area contributed by atoms with Crippen molar-refractivity contribution in [1.82, 2.24) is 0 Å². The Morgan fingerprint density at radius 1 is 0.939 bits per heavy atom. The van der Waals surface area contributed by atoms with Gasteiger partial charge in [0.1, 0.15) is 5.75 Å². The van der Waals surface area contributed by atoms with Gasteiger partial charge < -0.3 is 29.0 Å². The highest BCUT2D eigenvalue weighted by Crippen LogP contribution is 2.39. The van der Waals surface area contributed by atoms with Gasteiger partial charge in [0.2, 0.25) is 5.75 Å². The summed E-state index contributed by atoms with van der Waals surface area (Å²) in [7, 11) is 1.47. The Kier molecular flexibility index (Phi) is 9.66. The minimum atomic E-state index is -1.09. The number of amides is 1. The molecule has 33 heavy (non-hydrogen) atoms. The van der Waals surface area contributed by atoms with Gasteiger partial charge in [-0.25, -0.2) is 4.79 Å². The first kappa shape index (κ1) is 26.1. The molecule has 1 unspecified atom stereocenters. The highest BCUT2D eigenvalue weighted by Gasteiger charge is 2.24. The maximum Gasteiger partial charge on any atom is 0.339 e. The average molecular weight is 480 g/mol. The van der Waals surface area contributed by atoms with Crippen LogP contribution < -0.4 is 24.3 Å². The Labute approximate surface area is 199 Å². The standard InChI is InChI=1S/C24H30ClNO7/c1-7-30-20-11-16(12-21(31-8-2)22(20)32-9-3)24(28)33-15(5)23(27)26-18-10-14(4)17(25)13-19(18)29-6/h10-13,15H,7-9H2,1-6H3,(H,26,27). The molecule has 0 heterocycles. The van der Waals surface area contributed by atoms with Gasteiger partial charge in [-0.15, -0.1) is 0 Å². The Bertz CT molecular complexity index is 966. The van der Waals surface area contributed by atoms with Crippen LogP contribution in [-0.2, 0) is 9.53 Å². The molecule has 0 aliphatic heterocycles. The van der Waals surface area contributed by atoms with E-state index in [2.05, 4.69) is 5.32 Å². The molecule has 1 amide bonds. The number of hydrogen-bond acceptors (Lipinski definition) is 7. The van der Waals surface area contributed by atoms with E-state index in [-0.39, 0.29) is 5.56 Å². The van der Waals surface area contributed by atoms with E-state index in [1.165, 1.54) is 26.2 Å². The number of benzene rings is 2. The Hall–Kier alpha value is -3.13. The molecule has 0 aliphatic rings. The van der Waals surface area contributed by atoms with Crippen molar-refractivity contribution in [2.45, 2.75) is 40.7 Å². The lowest BCUT2D eigenvalue weighted by Crippen LogP contribution is -2.30. The van der Waals surface area contributed by atoms with E-state index in [4.69, 9.17) is 35.3 Å². The zero-order valence-electron chi connectivity index (χ0n) is 19.7. The van der Waals surface area contributed by atoms with Gasteiger partial charge in [0.05, 0.1) is 38.2 Å². The Morgan fingerprint density at radius 3 is 2.03 bits per heavy atom. The fraction of sp³-hybridized carbons (Fsp3) is 0.417. The molecule has 0 fully saturated rings. The third-order valence-corrected chi connectivity index (χ3v) is 4.94. The van der Waals surface area contributed by atoms with E-state index >= 15 is 0 Å². The lowest BCUT2D eigenvalue weighted by atomic mass is 10.1. The highest BCUT2D eigenvalue weighted by atomic mass is 35.5. The molecule has 0 spiro atoms. The zero-order chi connectivity index (χ0) is 24.5. The summed E-state index contributed by atoms with van der Waals surface area (Å²) in [4.78, 5) is 25.5. The Balaban J connectivity index is 2.23. The normalized spacial score (nSPS) is 11.4. The SMILES string of the molecule is CCOc1cc(C(=O)OC(C)C(=O)Nc2cc(C)c(Cl)cc2OC)cc(OCC)c1OCC. The van der Waals surface area contributed by atoms with Crippen molar-refractivity contribution in [1.29, 1.82) is 0 Å². The summed E-state index contributed by atoms with van der Waals surface area (Å²) in [6.07, 6.45) is -1.09. The molecule has 2 aromatic rings. The number of halogens is 1. The summed E-state index contributed by atoms with van der Waals surface area (Å²) in [6.45, 7) is 9.89. The molecule has 0 bridgehead atoms. The molecule has 0 aromatic heterocycles. The van der Waals surface area contributed by atoms with E-state index in [1.807, 2.05) is 20.8 Å². The largest absolute Gasteiger partial charge is 0.495 e. The zero-order valence-corrected chi connectivity index (χ0v) is 20.5. The topological polar surface area (TPSA) is 92.3 Å². The Morgan fingerprint density at radius 2 is 1.52 bits per heavy atom. The molecular weight excluding hydrogens is 450 g/mol. The monoisotopic (exact) mass is 479 g/mol. The van der Waals surface area contributed by atoms with Gasteiger partial charge in [-0.2, -0.15) is 0 Å². The number of ether oxygens (including phenoxy) is 5. The van der Waals surface area contributed by atoms with Gasteiger partial charge in [0, 0.05) is 11.1 Å². The summed E-state index contributed by atoms with van der Waals surface area (Å²) < 4.78 is 27.6. The second kappa shape index (κ2) is 12.2. The first-order valence-corrected chi connectivity index (χ1v) is 11.1. The molecule has 1 atom stereocenters. The molecule has 0 saturated carbocycles. The van der Waals surface area contributed by atoms with Crippen LogP contribution in [-0.4, -0.2) is 44.9 Å². The second-order valence-corrected chi connectivity index (χ2v) is 7.35. The quantitative estimate of drug-likeness (QED) is 0.451. The number of nitrogens with one attached hydrogen (secondary N) is 1. The van der Waals surface area contributed by atoms with Gasteiger partial charge in [0.15, 0.2) is 17.6 Å². The fourth-order valence-corrected chi connectivity index (χ4v) is 3.11. The molecule has 8 nitrogen and oxygen atoms in total. The number of esters is 1. The van der Waals surface area contributed by atoms with Crippen LogP contribution >= 0.6 is 11.6 Å². The highest BCUT2D eigenvalue weighted by molar-refractivity contribution is 6.31. The molecule has 9 heteroatoms. The first-order valence-electron chi connectivity index (χ1n) is 10.7. The minimum Gasteiger partial charge on any atom is -0.495 e. The molecule has 2 rings (SSSR count). The third kappa shape index (κ3) is 6.68. The number of rotatable bonds is 11. The number of carbonyl (C=O) groups excluding carboxylic acids is 2. The van der Waals surface area contributed by atoms with Crippen LogP contribution in [0.3, 0.4) is 0 Å².